The van der Waals surface area contributed by atoms with E-state index in [0.29, 0.717) is 0 Å². The zero-order valence-corrected chi connectivity index (χ0v) is 10.8. The Morgan fingerprint density at radius 2 is 2.25 bits per heavy atom. The van der Waals surface area contributed by atoms with Gasteiger partial charge in [0.15, 0.2) is 0 Å². The van der Waals surface area contributed by atoms with E-state index in [1.165, 1.54) is 12.8 Å². The Balaban J connectivity index is 2.24. The first kappa shape index (κ1) is 12.0. The molecule has 0 aliphatic heterocycles. The van der Waals surface area contributed by atoms with Crippen LogP contribution in [0, 0.1) is 0 Å². The molecule has 0 aromatic carbocycles. The predicted molar refractivity (Wildman–Crippen MR) is 66.5 cm³/mol. The maximum atomic E-state index is 5.98. The van der Waals surface area contributed by atoms with E-state index in [1.807, 2.05) is 13.1 Å². The maximum Gasteiger partial charge on any atom is 0.125 e. The highest BCUT2D eigenvalue weighted by Gasteiger charge is 2.39. The highest BCUT2D eigenvalue weighted by molar-refractivity contribution is 7.11. The van der Waals surface area contributed by atoms with E-state index in [0.717, 1.165) is 29.3 Å². The summed E-state index contributed by atoms with van der Waals surface area (Å²) in [4.78, 5) is 5.68. The SMILES string of the molecule is CCOC1(c2ncc(C(C)N)s2)CCCC1. The summed E-state index contributed by atoms with van der Waals surface area (Å²) in [6.07, 6.45) is 6.60. The Labute approximate surface area is 101 Å². The molecule has 1 saturated carbocycles. The van der Waals surface area contributed by atoms with Gasteiger partial charge in [-0.15, -0.1) is 11.3 Å². The van der Waals surface area contributed by atoms with Crippen molar-refractivity contribution >= 4 is 11.3 Å². The average molecular weight is 240 g/mol. The van der Waals surface area contributed by atoms with Gasteiger partial charge in [0.1, 0.15) is 10.6 Å². The Morgan fingerprint density at radius 1 is 1.56 bits per heavy atom. The summed E-state index contributed by atoms with van der Waals surface area (Å²) in [6, 6.07) is 0.0753. The minimum atomic E-state index is -0.105. The van der Waals surface area contributed by atoms with Gasteiger partial charge in [-0.1, -0.05) is 12.8 Å². The van der Waals surface area contributed by atoms with E-state index >= 15 is 0 Å². The fourth-order valence-electron chi connectivity index (χ4n) is 2.35. The van der Waals surface area contributed by atoms with Gasteiger partial charge >= 0.3 is 0 Å². The summed E-state index contributed by atoms with van der Waals surface area (Å²) in [6.45, 7) is 4.81. The molecule has 16 heavy (non-hydrogen) atoms. The minimum absolute atomic E-state index is 0.0753. The van der Waals surface area contributed by atoms with Crippen LogP contribution in [0.25, 0.3) is 0 Å². The highest BCUT2D eigenvalue weighted by atomic mass is 32.1. The van der Waals surface area contributed by atoms with Gasteiger partial charge in [-0.2, -0.15) is 0 Å². The van der Waals surface area contributed by atoms with E-state index in [1.54, 1.807) is 11.3 Å². The van der Waals surface area contributed by atoms with E-state index in [-0.39, 0.29) is 11.6 Å². The lowest BCUT2D eigenvalue weighted by Crippen LogP contribution is -2.25. The van der Waals surface area contributed by atoms with Crippen molar-refractivity contribution < 1.29 is 4.74 Å². The van der Waals surface area contributed by atoms with Crippen molar-refractivity contribution in [2.24, 2.45) is 5.73 Å². The summed E-state index contributed by atoms with van der Waals surface area (Å²) in [5, 5.41) is 1.12. The van der Waals surface area contributed by atoms with Crippen molar-refractivity contribution in [2.75, 3.05) is 6.61 Å². The van der Waals surface area contributed by atoms with Crippen LogP contribution in [0.3, 0.4) is 0 Å². The molecule has 1 aromatic heterocycles. The van der Waals surface area contributed by atoms with Crippen molar-refractivity contribution in [3.05, 3.63) is 16.1 Å². The molecular formula is C12H20N2OS. The number of aromatic nitrogens is 1. The molecule has 1 aliphatic rings. The molecule has 0 amide bonds. The number of rotatable bonds is 4. The quantitative estimate of drug-likeness (QED) is 0.880. The third kappa shape index (κ3) is 2.14. The van der Waals surface area contributed by atoms with Gasteiger partial charge in [-0.25, -0.2) is 4.98 Å². The molecule has 2 N–H and O–H groups in total. The largest absolute Gasteiger partial charge is 0.368 e. The molecule has 1 heterocycles. The number of hydrogen-bond acceptors (Lipinski definition) is 4. The Kier molecular flexibility index (Phi) is 3.62. The topological polar surface area (TPSA) is 48.1 Å². The van der Waals surface area contributed by atoms with Crippen molar-refractivity contribution in [1.29, 1.82) is 0 Å². The third-order valence-corrected chi connectivity index (χ3v) is 4.58. The molecule has 0 radical (unpaired) electrons. The molecule has 1 fully saturated rings. The third-order valence-electron chi connectivity index (χ3n) is 3.19. The Hall–Kier alpha value is -0.450. The van der Waals surface area contributed by atoms with Crippen molar-refractivity contribution in [3.8, 4) is 0 Å². The van der Waals surface area contributed by atoms with Crippen LogP contribution in [0.15, 0.2) is 6.20 Å². The number of nitrogens with two attached hydrogens (primary N) is 1. The second-order valence-electron chi connectivity index (χ2n) is 4.49. The van der Waals surface area contributed by atoms with Crippen LogP contribution < -0.4 is 5.73 Å². The molecule has 1 aromatic rings. The molecule has 3 nitrogen and oxygen atoms in total. The number of nitrogens with zero attached hydrogens (tertiary/aromatic N) is 1. The molecule has 0 saturated heterocycles. The van der Waals surface area contributed by atoms with Gasteiger partial charge in [0.25, 0.3) is 0 Å². The highest BCUT2D eigenvalue weighted by Crippen LogP contribution is 2.44. The lowest BCUT2D eigenvalue weighted by atomic mass is 10.0. The van der Waals surface area contributed by atoms with E-state index < -0.39 is 0 Å². The minimum Gasteiger partial charge on any atom is -0.368 e. The molecule has 0 spiro atoms. The Morgan fingerprint density at radius 3 is 2.75 bits per heavy atom. The predicted octanol–water partition coefficient (Wildman–Crippen LogP) is 2.97. The summed E-state index contributed by atoms with van der Waals surface area (Å²) >= 11 is 1.72. The van der Waals surface area contributed by atoms with Gasteiger partial charge in [0.2, 0.25) is 0 Å². The average Bonchev–Trinajstić information content (AvgIpc) is 2.85. The van der Waals surface area contributed by atoms with E-state index in [9.17, 15) is 0 Å². The van der Waals surface area contributed by atoms with Crippen LogP contribution in [0.2, 0.25) is 0 Å². The molecular weight excluding hydrogens is 220 g/mol. The maximum absolute atomic E-state index is 5.98. The summed E-state index contributed by atoms with van der Waals surface area (Å²) in [7, 11) is 0. The van der Waals surface area contributed by atoms with Gasteiger partial charge in [-0.05, 0) is 26.7 Å². The molecule has 1 aliphatic carbocycles. The monoisotopic (exact) mass is 240 g/mol. The van der Waals surface area contributed by atoms with E-state index in [4.69, 9.17) is 10.5 Å². The Bertz CT molecular complexity index is 343. The number of ether oxygens (including phenoxy) is 1. The molecule has 1 atom stereocenters. The lowest BCUT2D eigenvalue weighted by Gasteiger charge is -2.26. The molecule has 4 heteroatoms. The number of hydrogen-bond donors (Lipinski definition) is 1. The first-order valence-corrected chi connectivity index (χ1v) is 6.85. The fraction of sp³-hybridized carbons (Fsp3) is 0.750. The molecule has 90 valence electrons. The molecule has 1 unspecified atom stereocenters. The molecule has 0 bridgehead atoms. The number of thiazole rings is 1. The lowest BCUT2D eigenvalue weighted by molar-refractivity contribution is -0.0391. The first-order valence-electron chi connectivity index (χ1n) is 6.04. The van der Waals surface area contributed by atoms with Crippen LogP contribution >= 0.6 is 11.3 Å². The van der Waals surface area contributed by atoms with Crippen molar-refractivity contribution in [3.63, 3.8) is 0 Å². The van der Waals surface area contributed by atoms with Crippen LogP contribution in [0.4, 0.5) is 0 Å². The van der Waals surface area contributed by atoms with Gasteiger partial charge in [-0.3, -0.25) is 0 Å². The fourth-order valence-corrected chi connectivity index (χ4v) is 3.42. The van der Waals surface area contributed by atoms with Gasteiger partial charge in [0.05, 0.1) is 0 Å². The second kappa shape index (κ2) is 4.82. The summed E-state index contributed by atoms with van der Waals surface area (Å²) in [5.74, 6) is 0. The van der Waals surface area contributed by atoms with Crippen molar-refractivity contribution in [2.45, 2.75) is 51.2 Å². The summed E-state index contributed by atoms with van der Waals surface area (Å²) in [5.41, 5.74) is 5.77. The summed E-state index contributed by atoms with van der Waals surface area (Å²) < 4.78 is 5.98. The van der Waals surface area contributed by atoms with Gasteiger partial charge < -0.3 is 10.5 Å². The normalized spacial score (nSPS) is 21.2. The van der Waals surface area contributed by atoms with Crippen LogP contribution in [-0.4, -0.2) is 11.6 Å². The van der Waals surface area contributed by atoms with Crippen molar-refractivity contribution in [1.82, 2.24) is 4.98 Å². The standard InChI is InChI=1S/C12H20N2OS/c1-3-15-12(6-4-5-7-12)11-14-8-10(16-11)9(2)13/h8-9H,3-7,13H2,1-2H3. The van der Waals surface area contributed by atoms with Crippen LogP contribution in [-0.2, 0) is 10.3 Å². The smallest absolute Gasteiger partial charge is 0.125 e. The molecule has 2 rings (SSSR count). The zero-order valence-electron chi connectivity index (χ0n) is 10.0. The van der Waals surface area contributed by atoms with Crippen LogP contribution in [0.1, 0.15) is 55.5 Å². The zero-order chi connectivity index (χ0) is 11.6. The first-order chi connectivity index (χ1) is 7.68. The van der Waals surface area contributed by atoms with E-state index in [2.05, 4.69) is 11.9 Å². The van der Waals surface area contributed by atoms with Crippen LogP contribution in [0.5, 0.6) is 0 Å². The second-order valence-corrected chi connectivity index (χ2v) is 5.55. The van der Waals surface area contributed by atoms with Gasteiger partial charge in [0, 0.05) is 23.7 Å².